The zero-order chi connectivity index (χ0) is 30.7. The minimum atomic E-state index is -4.91. The topological polar surface area (TPSA) is 89.3 Å². The second-order valence-electron chi connectivity index (χ2n) is 11.7. The molecule has 2 fully saturated rings. The number of aromatic nitrogens is 1. The van der Waals surface area contributed by atoms with E-state index in [1.54, 1.807) is 30.3 Å². The van der Waals surface area contributed by atoms with Crippen LogP contribution in [0.3, 0.4) is 0 Å². The Kier molecular flexibility index (Phi) is 9.22. The molecule has 4 N–H and O–H groups in total. The number of aromatic amines is 1. The summed E-state index contributed by atoms with van der Waals surface area (Å²) in [7, 11) is 0. The fraction of sp³-hybridized carbons (Fsp3) is 0.438. The van der Waals surface area contributed by atoms with E-state index in [0.29, 0.717) is 48.6 Å². The third-order valence-electron chi connectivity index (χ3n) is 8.16. The van der Waals surface area contributed by atoms with Gasteiger partial charge in [-0.2, -0.15) is 13.2 Å². The highest BCUT2D eigenvalue weighted by atomic mass is 19.4. The lowest BCUT2D eigenvalue weighted by molar-refractivity contribution is -0.138. The summed E-state index contributed by atoms with van der Waals surface area (Å²) >= 11 is 0. The first-order valence-corrected chi connectivity index (χ1v) is 14.8. The second kappa shape index (κ2) is 12.9. The van der Waals surface area contributed by atoms with E-state index < -0.39 is 34.6 Å². The number of alkyl halides is 3. The predicted octanol–water partition coefficient (Wildman–Crippen LogP) is 6.06. The lowest BCUT2D eigenvalue weighted by atomic mass is 9.95. The van der Waals surface area contributed by atoms with Crippen molar-refractivity contribution in [2.24, 2.45) is 0 Å². The number of carbonyl (C=O) groups excluding carboxylic acids is 1. The van der Waals surface area contributed by atoms with Crippen molar-refractivity contribution in [2.75, 3.05) is 23.3 Å². The van der Waals surface area contributed by atoms with Crippen molar-refractivity contribution in [2.45, 2.75) is 76.8 Å². The Balaban J connectivity index is 1.50. The average molecular weight is 600 g/mol. The number of amides is 1. The number of nitrogens with zero attached hydrogens (tertiary/aromatic N) is 1. The summed E-state index contributed by atoms with van der Waals surface area (Å²) in [5.74, 6) is -1.49. The first kappa shape index (κ1) is 30.7. The van der Waals surface area contributed by atoms with Crippen LogP contribution in [0.15, 0.2) is 53.5 Å². The summed E-state index contributed by atoms with van der Waals surface area (Å²) in [6.45, 7) is 5.81. The highest BCUT2D eigenvalue weighted by Crippen LogP contribution is 2.36. The van der Waals surface area contributed by atoms with Crippen LogP contribution in [0.2, 0.25) is 0 Å². The molecule has 1 aliphatic heterocycles. The van der Waals surface area contributed by atoms with Gasteiger partial charge in [-0.05, 0) is 62.1 Å². The molecular weight excluding hydrogens is 562 g/mol. The SMILES string of the molecule is C[C@@H]1CN(c2ccc(-c3cc(CNC4CCCCC4)ccc3F)cc2NC(=O)c2c[nH]c(=O)cc2C(F)(F)F)C[C@H](C)N1. The van der Waals surface area contributed by atoms with Gasteiger partial charge in [-0.3, -0.25) is 9.59 Å². The molecule has 0 unspecified atom stereocenters. The van der Waals surface area contributed by atoms with E-state index in [0.717, 1.165) is 24.6 Å². The third kappa shape index (κ3) is 7.45. The van der Waals surface area contributed by atoms with E-state index in [9.17, 15) is 22.8 Å². The van der Waals surface area contributed by atoms with Gasteiger partial charge in [0.15, 0.2) is 0 Å². The van der Waals surface area contributed by atoms with Crippen LogP contribution in [-0.2, 0) is 12.7 Å². The lowest BCUT2D eigenvalue weighted by Gasteiger charge is -2.38. The Labute approximate surface area is 248 Å². The highest BCUT2D eigenvalue weighted by Gasteiger charge is 2.36. The van der Waals surface area contributed by atoms with Crippen molar-refractivity contribution in [3.05, 3.63) is 81.5 Å². The quantitative estimate of drug-likeness (QED) is 0.248. The Morgan fingerprint density at radius 1 is 1.00 bits per heavy atom. The maximum atomic E-state index is 15.2. The third-order valence-corrected chi connectivity index (χ3v) is 8.16. The number of rotatable bonds is 7. The van der Waals surface area contributed by atoms with E-state index >= 15 is 4.39 Å². The maximum Gasteiger partial charge on any atom is 0.417 e. The molecule has 2 aliphatic rings. The van der Waals surface area contributed by atoms with Gasteiger partial charge < -0.3 is 25.8 Å². The van der Waals surface area contributed by atoms with Crippen molar-refractivity contribution in [1.82, 2.24) is 15.6 Å². The fourth-order valence-corrected chi connectivity index (χ4v) is 6.16. The van der Waals surface area contributed by atoms with Crippen molar-refractivity contribution in [3.8, 4) is 11.1 Å². The fourth-order valence-electron chi connectivity index (χ4n) is 6.16. The number of carbonyl (C=O) groups is 1. The van der Waals surface area contributed by atoms with Crippen LogP contribution in [0.4, 0.5) is 28.9 Å². The number of benzene rings is 2. The first-order valence-electron chi connectivity index (χ1n) is 14.8. The lowest BCUT2D eigenvalue weighted by Crippen LogP contribution is -2.54. The van der Waals surface area contributed by atoms with E-state index in [-0.39, 0.29) is 17.8 Å². The summed E-state index contributed by atoms with van der Waals surface area (Å²) in [5, 5.41) is 9.64. The molecule has 1 saturated carbocycles. The zero-order valence-electron chi connectivity index (χ0n) is 24.3. The van der Waals surface area contributed by atoms with Crippen molar-refractivity contribution >= 4 is 17.3 Å². The summed E-state index contributed by atoms with van der Waals surface area (Å²) in [4.78, 5) is 29.2. The smallest absolute Gasteiger partial charge is 0.367 e. The van der Waals surface area contributed by atoms with E-state index in [2.05, 4.69) is 20.9 Å². The van der Waals surface area contributed by atoms with Gasteiger partial charge in [0.1, 0.15) is 5.82 Å². The van der Waals surface area contributed by atoms with Gasteiger partial charge in [0.2, 0.25) is 5.56 Å². The Morgan fingerprint density at radius 2 is 1.72 bits per heavy atom. The molecule has 5 rings (SSSR count). The van der Waals surface area contributed by atoms with Crippen LogP contribution in [0.5, 0.6) is 0 Å². The Morgan fingerprint density at radius 3 is 2.42 bits per heavy atom. The molecule has 1 aliphatic carbocycles. The highest BCUT2D eigenvalue weighted by molar-refractivity contribution is 6.07. The second-order valence-corrected chi connectivity index (χ2v) is 11.7. The number of hydrogen-bond donors (Lipinski definition) is 4. The number of H-pyrrole nitrogens is 1. The van der Waals surface area contributed by atoms with Crippen molar-refractivity contribution < 1.29 is 22.4 Å². The normalized spacial score (nSPS) is 19.8. The Hall–Kier alpha value is -3.70. The predicted molar refractivity (Wildman–Crippen MR) is 160 cm³/mol. The van der Waals surface area contributed by atoms with Crippen LogP contribution in [0.25, 0.3) is 11.1 Å². The van der Waals surface area contributed by atoms with Crippen LogP contribution < -0.4 is 26.4 Å². The molecule has 1 amide bonds. The van der Waals surface area contributed by atoms with E-state index in [4.69, 9.17) is 0 Å². The van der Waals surface area contributed by atoms with Gasteiger partial charge in [0.05, 0.1) is 22.5 Å². The molecule has 0 bridgehead atoms. The molecule has 0 spiro atoms. The van der Waals surface area contributed by atoms with Crippen molar-refractivity contribution in [1.29, 1.82) is 0 Å². The first-order chi connectivity index (χ1) is 20.5. The van der Waals surface area contributed by atoms with Crippen LogP contribution >= 0.6 is 0 Å². The van der Waals surface area contributed by atoms with E-state index in [1.807, 2.05) is 18.7 Å². The van der Waals surface area contributed by atoms with Crippen LogP contribution in [0, 0.1) is 5.82 Å². The summed E-state index contributed by atoms with van der Waals surface area (Å²) in [6, 6.07) is 11.1. The number of pyridine rings is 1. The van der Waals surface area contributed by atoms with Gasteiger partial charge in [-0.25, -0.2) is 4.39 Å². The monoisotopic (exact) mass is 599 g/mol. The van der Waals surface area contributed by atoms with Gasteiger partial charge >= 0.3 is 6.18 Å². The minimum absolute atomic E-state index is 0.119. The van der Waals surface area contributed by atoms with Crippen LogP contribution in [0.1, 0.15) is 67.4 Å². The zero-order valence-corrected chi connectivity index (χ0v) is 24.3. The van der Waals surface area contributed by atoms with Crippen LogP contribution in [-0.4, -0.2) is 42.1 Å². The summed E-state index contributed by atoms with van der Waals surface area (Å²) in [5.41, 5.74) is -0.461. The van der Waals surface area contributed by atoms with Gasteiger partial charge in [0, 0.05) is 55.6 Å². The Bertz CT molecular complexity index is 1510. The number of halogens is 4. The number of piperazine rings is 1. The summed E-state index contributed by atoms with van der Waals surface area (Å²) in [6.07, 6.45) is 1.73. The minimum Gasteiger partial charge on any atom is -0.367 e. The molecular formula is C32H37F4N5O2. The number of hydrogen-bond acceptors (Lipinski definition) is 5. The number of anilines is 2. The molecule has 230 valence electrons. The maximum absolute atomic E-state index is 15.2. The summed E-state index contributed by atoms with van der Waals surface area (Å²) < 4.78 is 56.4. The molecule has 0 radical (unpaired) electrons. The molecule has 7 nitrogen and oxygen atoms in total. The number of nitrogens with one attached hydrogen (secondary N) is 4. The molecule has 2 atom stereocenters. The standard InChI is InChI=1S/C32H37F4N5O2/c1-19-17-41(18-20(2)39-19)29-11-9-22(24-12-21(8-10-27(24)33)15-37-23-6-4-3-5-7-23)13-28(29)40-31(43)25-16-38-30(42)14-26(25)32(34,35)36/h8-14,16,19-20,23,37,39H,3-7,15,17-18H2,1-2H3,(H,38,42)(H,40,43)/t19-,20+. The van der Waals surface area contributed by atoms with Crippen molar-refractivity contribution in [3.63, 3.8) is 0 Å². The molecule has 3 aromatic rings. The molecule has 43 heavy (non-hydrogen) atoms. The van der Waals surface area contributed by atoms with Gasteiger partial charge in [-0.1, -0.05) is 31.4 Å². The largest absolute Gasteiger partial charge is 0.417 e. The molecule has 1 aromatic heterocycles. The van der Waals surface area contributed by atoms with Gasteiger partial charge in [0.25, 0.3) is 5.91 Å². The molecule has 2 aromatic carbocycles. The molecule has 1 saturated heterocycles. The van der Waals surface area contributed by atoms with E-state index in [1.165, 1.54) is 25.3 Å². The van der Waals surface area contributed by atoms with Gasteiger partial charge in [-0.15, -0.1) is 0 Å². The molecule has 11 heteroatoms. The molecule has 2 heterocycles. The average Bonchev–Trinajstić information content (AvgIpc) is 2.96.